The largest absolute Gasteiger partial charge is 0.352 e. The molecule has 0 bridgehead atoms. The van der Waals surface area contributed by atoms with Gasteiger partial charge >= 0.3 is 0 Å². The molecule has 1 rings (SSSR count). The molecule has 0 aromatic carbocycles. The second-order valence-corrected chi connectivity index (χ2v) is 3.16. The third-order valence-electron chi connectivity index (χ3n) is 2.12. The van der Waals surface area contributed by atoms with Gasteiger partial charge in [0.2, 0.25) is 0 Å². The molecule has 0 amide bonds. The van der Waals surface area contributed by atoms with E-state index in [2.05, 4.69) is 0 Å². The lowest BCUT2D eigenvalue weighted by Crippen LogP contribution is -2.15. The number of methoxy groups -OCH3 is 2. The second kappa shape index (κ2) is 6.14. The molecule has 4 heteroatoms. The summed E-state index contributed by atoms with van der Waals surface area (Å²) in [7, 11) is 3.24. The van der Waals surface area contributed by atoms with Crippen LogP contribution in [-0.4, -0.2) is 40.0 Å². The molecule has 0 aromatic heterocycles. The Morgan fingerprint density at radius 2 is 1.93 bits per heavy atom. The molecule has 0 aromatic rings. The van der Waals surface area contributed by atoms with Gasteiger partial charge in [0.05, 0.1) is 13.2 Å². The fourth-order valence-corrected chi connectivity index (χ4v) is 1.39. The lowest BCUT2D eigenvalue weighted by Gasteiger charge is -2.14. The predicted molar refractivity (Wildman–Crippen MR) is 51.9 cm³/mol. The lowest BCUT2D eigenvalue weighted by atomic mass is 10.2. The third-order valence-corrected chi connectivity index (χ3v) is 2.12. The zero-order valence-corrected chi connectivity index (χ0v) is 8.99. The standard InChI is InChI=1S/C10H18O4/c1-8(10(11-2)12-3)4-5-9-13-6-7-14-9/h4,9-10H,5-7H2,1-3H3/b8-4+. The first-order valence-electron chi connectivity index (χ1n) is 4.73. The first-order valence-corrected chi connectivity index (χ1v) is 4.73. The van der Waals surface area contributed by atoms with Gasteiger partial charge in [0.15, 0.2) is 12.6 Å². The summed E-state index contributed by atoms with van der Waals surface area (Å²) in [4.78, 5) is 0. The maximum Gasteiger partial charge on any atom is 0.178 e. The van der Waals surface area contributed by atoms with Gasteiger partial charge in [-0.05, 0) is 12.5 Å². The van der Waals surface area contributed by atoms with Gasteiger partial charge in [0.25, 0.3) is 0 Å². The molecule has 14 heavy (non-hydrogen) atoms. The van der Waals surface area contributed by atoms with E-state index < -0.39 is 0 Å². The van der Waals surface area contributed by atoms with Crippen LogP contribution in [-0.2, 0) is 18.9 Å². The fraction of sp³-hybridized carbons (Fsp3) is 0.800. The zero-order valence-electron chi connectivity index (χ0n) is 8.99. The average Bonchev–Trinajstić information content (AvgIpc) is 2.69. The molecule has 0 radical (unpaired) electrons. The number of hydrogen-bond acceptors (Lipinski definition) is 4. The highest BCUT2D eigenvalue weighted by atomic mass is 16.7. The van der Waals surface area contributed by atoms with Crippen LogP contribution in [0, 0.1) is 0 Å². The van der Waals surface area contributed by atoms with Crippen molar-refractivity contribution in [3.63, 3.8) is 0 Å². The van der Waals surface area contributed by atoms with Crippen molar-refractivity contribution in [2.45, 2.75) is 25.9 Å². The van der Waals surface area contributed by atoms with E-state index in [0.29, 0.717) is 13.2 Å². The Hall–Kier alpha value is -0.420. The van der Waals surface area contributed by atoms with E-state index in [1.165, 1.54) is 0 Å². The summed E-state index contributed by atoms with van der Waals surface area (Å²) in [6.45, 7) is 3.34. The van der Waals surface area contributed by atoms with Gasteiger partial charge in [-0.1, -0.05) is 6.08 Å². The Morgan fingerprint density at radius 3 is 2.43 bits per heavy atom. The van der Waals surface area contributed by atoms with E-state index in [1.807, 2.05) is 13.0 Å². The van der Waals surface area contributed by atoms with Gasteiger partial charge in [-0.15, -0.1) is 0 Å². The topological polar surface area (TPSA) is 36.9 Å². The van der Waals surface area contributed by atoms with Gasteiger partial charge in [-0.2, -0.15) is 0 Å². The summed E-state index contributed by atoms with van der Waals surface area (Å²) in [5.74, 6) is 0. The summed E-state index contributed by atoms with van der Waals surface area (Å²) < 4.78 is 20.8. The highest BCUT2D eigenvalue weighted by molar-refractivity contribution is 5.02. The van der Waals surface area contributed by atoms with Crippen LogP contribution >= 0.6 is 0 Å². The van der Waals surface area contributed by atoms with E-state index in [9.17, 15) is 0 Å². The Morgan fingerprint density at radius 1 is 1.36 bits per heavy atom. The van der Waals surface area contributed by atoms with Crippen molar-refractivity contribution in [1.29, 1.82) is 0 Å². The highest BCUT2D eigenvalue weighted by Gasteiger charge is 2.15. The van der Waals surface area contributed by atoms with Crippen molar-refractivity contribution in [3.8, 4) is 0 Å². The molecule has 0 aliphatic carbocycles. The van der Waals surface area contributed by atoms with Gasteiger partial charge < -0.3 is 18.9 Å². The van der Waals surface area contributed by atoms with Crippen molar-refractivity contribution in [2.24, 2.45) is 0 Å². The summed E-state index contributed by atoms with van der Waals surface area (Å²) in [5.41, 5.74) is 1.04. The van der Waals surface area contributed by atoms with Crippen molar-refractivity contribution in [2.75, 3.05) is 27.4 Å². The van der Waals surface area contributed by atoms with E-state index in [-0.39, 0.29) is 12.6 Å². The minimum Gasteiger partial charge on any atom is -0.352 e. The monoisotopic (exact) mass is 202 g/mol. The average molecular weight is 202 g/mol. The van der Waals surface area contributed by atoms with Crippen molar-refractivity contribution in [1.82, 2.24) is 0 Å². The number of hydrogen-bond donors (Lipinski definition) is 0. The summed E-state index contributed by atoms with van der Waals surface area (Å²) in [5, 5.41) is 0. The summed E-state index contributed by atoms with van der Waals surface area (Å²) >= 11 is 0. The minimum absolute atomic E-state index is 0.0979. The van der Waals surface area contributed by atoms with Gasteiger partial charge in [0, 0.05) is 20.6 Å². The zero-order chi connectivity index (χ0) is 10.4. The van der Waals surface area contributed by atoms with Crippen LogP contribution in [0.4, 0.5) is 0 Å². The molecule has 1 aliphatic rings. The lowest BCUT2D eigenvalue weighted by molar-refractivity contribution is -0.0758. The molecule has 4 nitrogen and oxygen atoms in total. The third kappa shape index (κ3) is 3.38. The maximum absolute atomic E-state index is 5.30. The van der Waals surface area contributed by atoms with Crippen LogP contribution in [0.1, 0.15) is 13.3 Å². The highest BCUT2D eigenvalue weighted by Crippen LogP contribution is 2.12. The molecule has 1 saturated heterocycles. The Balaban J connectivity index is 2.33. The molecule has 0 N–H and O–H groups in total. The summed E-state index contributed by atoms with van der Waals surface area (Å²) in [6, 6.07) is 0. The van der Waals surface area contributed by atoms with Gasteiger partial charge in [-0.25, -0.2) is 0 Å². The molecular formula is C10H18O4. The van der Waals surface area contributed by atoms with Crippen molar-refractivity contribution in [3.05, 3.63) is 11.6 Å². The van der Waals surface area contributed by atoms with Crippen LogP contribution in [0.3, 0.4) is 0 Å². The molecule has 1 fully saturated rings. The molecule has 82 valence electrons. The van der Waals surface area contributed by atoms with E-state index >= 15 is 0 Å². The molecule has 1 aliphatic heterocycles. The Labute approximate surface area is 84.8 Å². The fourth-order valence-electron chi connectivity index (χ4n) is 1.39. The Bertz CT molecular complexity index is 181. The molecular weight excluding hydrogens is 184 g/mol. The SMILES string of the molecule is COC(OC)/C(C)=C/CC1OCCO1. The van der Waals surface area contributed by atoms with Crippen LogP contribution in [0.2, 0.25) is 0 Å². The number of ether oxygens (including phenoxy) is 4. The molecule has 1 heterocycles. The predicted octanol–water partition coefficient (Wildman–Crippen LogP) is 1.31. The molecule has 0 unspecified atom stereocenters. The van der Waals surface area contributed by atoms with Crippen LogP contribution in [0.5, 0.6) is 0 Å². The normalized spacial score (nSPS) is 19.6. The van der Waals surface area contributed by atoms with E-state index in [1.54, 1.807) is 14.2 Å². The maximum atomic E-state index is 5.30. The van der Waals surface area contributed by atoms with E-state index in [0.717, 1.165) is 12.0 Å². The first kappa shape index (κ1) is 11.7. The second-order valence-electron chi connectivity index (χ2n) is 3.16. The van der Waals surface area contributed by atoms with Crippen LogP contribution in [0.15, 0.2) is 11.6 Å². The van der Waals surface area contributed by atoms with Crippen molar-refractivity contribution >= 4 is 0 Å². The first-order chi connectivity index (χ1) is 6.77. The van der Waals surface area contributed by atoms with Crippen LogP contribution < -0.4 is 0 Å². The molecule has 0 atom stereocenters. The molecule has 0 spiro atoms. The quantitative estimate of drug-likeness (QED) is 0.497. The molecule has 0 saturated carbocycles. The minimum atomic E-state index is -0.267. The van der Waals surface area contributed by atoms with E-state index in [4.69, 9.17) is 18.9 Å². The van der Waals surface area contributed by atoms with Gasteiger partial charge in [0.1, 0.15) is 0 Å². The smallest absolute Gasteiger partial charge is 0.178 e. The van der Waals surface area contributed by atoms with Crippen molar-refractivity contribution < 1.29 is 18.9 Å². The number of rotatable bonds is 5. The van der Waals surface area contributed by atoms with Gasteiger partial charge in [-0.3, -0.25) is 0 Å². The van der Waals surface area contributed by atoms with Crippen LogP contribution in [0.25, 0.3) is 0 Å². The summed E-state index contributed by atoms with van der Waals surface area (Å²) in [6.07, 6.45) is 2.40. The Kier molecular flexibility index (Phi) is 5.11.